The van der Waals surface area contributed by atoms with Crippen LogP contribution in [0.15, 0.2) is 31.0 Å². The van der Waals surface area contributed by atoms with Crippen LogP contribution in [-0.4, -0.2) is 36.9 Å². The Hall–Kier alpha value is -2.44. The van der Waals surface area contributed by atoms with E-state index < -0.39 is 5.97 Å². The van der Waals surface area contributed by atoms with E-state index in [4.69, 9.17) is 5.11 Å². The second kappa shape index (κ2) is 5.26. The Morgan fingerprint density at radius 1 is 1.56 bits per heavy atom. The first-order chi connectivity index (χ1) is 8.66. The first-order valence-electron chi connectivity index (χ1n) is 5.44. The van der Waals surface area contributed by atoms with Crippen molar-refractivity contribution in [2.45, 2.75) is 19.5 Å². The predicted molar refractivity (Wildman–Crippen MR) is 64.3 cm³/mol. The van der Waals surface area contributed by atoms with Crippen LogP contribution < -0.4 is 5.32 Å². The summed E-state index contributed by atoms with van der Waals surface area (Å²) < 4.78 is 1.90. The van der Waals surface area contributed by atoms with Crippen LogP contribution in [0.3, 0.4) is 0 Å². The van der Waals surface area contributed by atoms with Crippen LogP contribution >= 0.6 is 0 Å². The zero-order chi connectivity index (χ0) is 13.0. The molecule has 0 amide bonds. The van der Waals surface area contributed by atoms with Crippen molar-refractivity contribution in [3.63, 3.8) is 0 Å². The van der Waals surface area contributed by atoms with Crippen molar-refractivity contribution >= 4 is 11.8 Å². The average Bonchev–Trinajstić information content (AvgIpc) is 2.82. The van der Waals surface area contributed by atoms with Gasteiger partial charge in [0, 0.05) is 25.0 Å². The van der Waals surface area contributed by atoms with Gasteiger partial charge in [0.2, 0.25) is 0 Å². The lowest BCUT2D eigenvalue weighted by atomic mass is 10.2. The SMILES string of the molecule is CC(Cn1ccnc1)Nc1nnccc1C(=O)O. The molecule has 0 bridgehead atoms. The number of imidazole rings is 1. The molecule has 7 nitrogen and oxygen atoms in total. The number of hydrogen-bond acceptors (Lipinski definition) is 5. The van der Waals surface area contributed by atoms with Gasteiger partial charge in [0.25, 0.3) is 0 Å². The molecule has 2 rings (SSSR count). The quantitative estimate of drug-likeness (QED) is 0.814. The number of rotatable bonds is 5. The van der Waals surface area contributed by atoms with E-state index in [1.54, 1.807) is 12.5 Å². The number of hydrogen-bond donors (Lipinski definition) is 2. The van der Waals surface area contributed by atoms with E-state index in [-0.39, 0.29) is 17.4 Å². The molecule has 2 aromatic rings. The van der Waals surface area contributed by atoms with E-state index in [0.717, 1.165) is 0 Å². The van der Waals surface area contributed by atoms with Crippen molar-refractivity contribution in [1.82, 2.24) is 19.7 Å². The number of carboxylic acid groups (broad SMARTS) is 1. The van der Waals surface area contributed by atoms with Gasteiger partial charge in [0.1, 0.15) is 5.56 Å². The number of carbonyl (C=O) groups is 1. The standard InChI is InChI=1S/C11H13N5O2/c1-8(6-16-5-4-12-7-16)14-10-9(11(17)18)2-3-13-15-10/h2-5,7-8H,6H2,1H3,(H,14,15)(H,17,18). The summed E-state index contributed by atoms with van der Waals surface area (Å²) >= 11 is 0. The summed E-state index contributed by atoms with van der Waals surface area (Å²) in [7, 11) is 0. The van der Waals surface area contributed by atoms with E-state index in [2.05, 4.69) is 20.5 Å². The monoisotopic (exact) mass is 247 g/mol. The lowest BCUT2D eigenvalue weighted by molar-refractivity contribution is 0.0697. The first kappa shape index (κ1) is 12.0. The van der Waals surface area contributed by atoms with Gasteiger partial charge in [-0.05, 0) is 13.0 Å². The molecule has 0 aliphatic heterocycles. The summed E-state index contributed by atoms with van der Waals surface area (Å²) in [5.74, 6) is -0.750. The molecule has 0 fully saturated rings. The van der Waals surface area contributed by atoms with Gasteiger partial charge in [-0.1, -0.05) is 0 Å². The topological polar surface area (TPSA) is 92.9 Å². The lowest BCUT2D eigenvalue weighted by Crippen LogP contribution is -2.23. The Labute approximate surface area is 104 Å². The minimum atomic E-state index is -1.03. The molecule has 0 radical (unpaired) electrons. The molecule has 2 N–H and O–H groups in total. The molecule has 1 atom stereocenters. The van der Waals surface area contributed by atoms with Crippen molar-refractivity contribution in [1.29, 1.82) is 0 Å². The number of nitrogens with zero attached hydrogens (tertiary/aromatic N) is 4. The smallest absolute Gasteiger partial charge is 0.339 e. The summed E-state index contributed by atoms with van der Waals surface area (Å²) in [6.07, 6.45) is 6.59. The van der Waals surface area contributed by atoms with Crippen molar-refractivity contribution in [2.75, 3.05) is 5.32 Å². The van der Waals surface area contributed by atoms with Crippen LogP contribution in [0.1, 0.15) is 17.3 Å². The van der Waals surface area contributed by atoms with Crippen molar-refractivity contribution in [2.24, 2.45) is 0 Å². The molecular formula is C11H13N5O2. The van der Waals surface area contributed by atoms with Crippen molar-refractivity contribution in [3.8, 4) is 0 Å². The van der Waals surface area contributed by atoms with Gasteiger partial charge in [-0.15, -0.1) is 5.10 Å². The highest BCUT2D eigenvalue weighted by molar-refractivity contribution is 5.92. The fourth-order valence-corrected chi connectivity index (χ4v) is 1.60. The molecule has 0 saturated carbocycles. The highest BCUT2D eigenvalue weighted by Gasteiger charge is 2.13. The maximum atomic E-state index is 11.0. The van der Waals surface area contributed by atoms with Crippen LogP contribution in [0, 0.1) is 0 Å². The third kappa shape index (κ3) is 2.82. The number of nitrogens with one attached hydrogen (secondary N) is 1. The van der Waals surface area contributed by atoms with Gasteiger partial charge < -0.3 is 15.0 Å². The minimum Gasteiger partial charge on any atom is -0.478 e. The van der Waals surface area contributed by atoms with Gasteiger partial charge in [0.15, 0.2) is 5.82 Å². The molecule has 0 spiro atoms. The first-order valence-corrected chi connectivity index (χ1v) is 5.44. The van der Waals surface area contributed by atoms with Crippen LogP contribution in [0.2, 0.25) is 0 Å². The molecule has 18 heavy (non-hydrogen) atoms. The van der Waals surface area contributed by atoms with Crippen LogP contribution in [0.5, 0.6) is 0 Å². The second-order valence-corrected chi connectivity index (χ2v) is 3.90. The van der Waals surface area contributed by atoms with Gasteiger partial charge in [-0.3, -0.25) is 0 Å². The Kier molecular flexibility index (Phi) is 3.52. The predicted octanol–water partition coefficient (Wildman–Crippen LogP) is 0.872. The fraction of sp³-hybridized carbons (Fsp3) is 0.273. The highest BCUT2D eigenvalue weighted by Crippen LogP contribution is 2.11. The summed E-state index contributed by atoms with van der Waals surface area (Å²) in [4.78, 5) is 14.9. The molecule has 94 valence electrons. The Morgan fingerprint density at radius 3 is 3.06 bits per heavy atom. The highest BCUT2D eigenvalue weighted by atomic mass is 16.4. The largest absolute Gasteiger partial charge is 0.478 e. The lowest BCUT2D eigenvalue weighted by Gasteiger charge is -2.15. The van der Waals surface area contributed by atoms with Crippen molar-refractivity contribution in [3.05, 3.63) is 36.5 Å². The Bertz CT molecular complexity index is 526. The van der Waals surface area contributed by atoms with E-state index in [1.807, 2.05) is 17.7 Å². The molecule has 0 aliphatic rings. The number of aromatic nitrogens is 4. The molecule has 2 aromatic heterocycles. The molecule has 0 aliphatic carbocycles. The van der Waals surface area contributed by atoms with Crippen molar-refractivity contribution < 1.29 is 9.90 Å². The summed E-state index contributed by atoms with van der Waals surface area (Å²) in [6.45, 7) is 2.59. The van der Waals surface area contributed by atoms with E-state index in [9.17, 15) is 4.79 Å². The Morgan fingerprint density at radius 2 is 2.39 bits per heavy atom. The zero-order valence-corrected chi connectivity index (χ0v) is 9.82. The van der Waals surface area contributed by atoms with E-state index in [0.29, 0.717) is 6.54 Å². The molecule has 0 aromatic carbocycles. The maximum Gasteiger partial charge on any atom is 0.339 e. The molecular weight excluding hydrogens is 234 g/mol. The van der Waals surface area contributed by atoms with Gasteiger partial charge >= 0.3 is 5.97 Å². The second-order valence-electron chi connectivity index (χ2n) is 3.90. The minimum absolute atomic E-state index is 0.00833. The van der Waals surface area contributed by atoms with Gasteiger partial charge in [-0.2, -0.15) is 5.10 Å². The summed E-state index contributed by atoms with van der Waals surface area (Å²) in [6, 6.07) is 1.43. The summed E-state index contributed by atoms with van der Waals surface area (Å²) in [5.41, 5.74) is 0.113. The third-order valence-corrected chi connectivity index (χ3v) is 2.38. The van der Waals surface area contributed by atoms with Gasteiger partial charge in [0.05, 0.1) is 12.5 Å². The molecule has 0 saturated heterocycles. The molecule has 7 heteroatoms. The Balaban J connectivity index is 2.07. The van der Waals surface area contributed by atoms with Crippen LogP contribution in [0.4, 0.5) is 5.82 Å². The fourth-order valence-electron chi connectivity index (χ4n) is 1.60. The van der Waals surface area contributed by atoms with E-state index in [1.165, 1.54) is 12.3 Å². The molecule has 2 heterocycles. The molecule has 1 unspecified atom stereocenters. The number of anilines is 1. The maximum absolute atomic E-state index is 11.0. The third-order valence-electron chi connectivity index (χ3n) is 2.38. The number of aromatic carboxylic acids is 1. The normalized spacial score (nSPS) is 12.1. The average molecular weight is 247 g/mol. The van der Waals surface area contributed by atoms with E-state index >= 15 is 0 Å². The number of carboxylic acids is 1. The van der Waals surface area contributed by atoms with Crippen LogP contribution in [-0.2, 0) is 6.54 Å². The van der Waals surface area contributed by atoms with Gasteiger partial charge in [-0.25, -0.2) is 9.78 Å². The summed E-state index contributed by atoms with van der Waals surface area (Å²) in [5, 5.41) is 19.5. The van der Waals surface area contributed by atoms with Crippen LogP contribution in [0.25, 0.3) is 0 Å². The zero-order valence-electron chi connectivity index (χ0n) is 9.82.